The van der Waals surface area contributed by atoms with Gasteiger partial charge in [-0.15, -0.1) is 0 Å². The van der Waals surface area contributed by atoms with Gasteiger partial charge in [0.1, 0.15) is 11.4 Å². The van der Waals surface area contributed by atoms with Gasteiger partial charge in [-0.05, 0) is 76.7 Å². The summed E-state index contributed by atoms with van der Waals surface area (Å²) in [4.78, 5) is 10.1. The van der Waals surface area contributed by atoms with E-state index in [4.69, 9.17) is 18.5 Å². The SMILES string of the molecule is [2H]C([2H])([2H])c1nc2c3ccccc3ccc2c2c1oc1c(-c3nc4ccccc4n3-c3c(C(C)C)cc(-c4ccccc4)cc3C(C)C)cccc12. The highest BCUT2D eigenvalue weighted by molar-refractivity contribution is 6.24. The largest absolute Gasteiger partial charge is 0.453 e. The second kappa shape index (κ2) is 11.2. The minimum Gasteiger partial charge on any atom is -0.453 e. The lowest BCUT2D eigenvalue weighted by Gasteiger charge is -2.24. The number of rotatable bonds is 5. The first-order valence-electron chi connectivity index (χ1n) is 18.5. The molecule has 0 atom stereocenters. The van der Waals surface area contributed by atoms with Crippen LogP contribution in [0.2, 0.25) is 0 Å². The summed E-state index contributed by atoms with van der Waals surface area (Å²) in [6.45, 7) is 6.48. The number of hydrogen-bond donors (Lipinski definition) is 0. The number of imidazole rings is 1. The van der Waals surface area contributed by atoms with Crippen LogP contribution < -0.4 is 0 Å². The molecule has 0 amide bonds. The van der Waals surface area contributed by atoms with Crippen molar-refractivity contribution >= 4 is 54.6 Å². The predicted octanol–water partition coefficient (Wildman–Crippen LogP) is 12.5. The molecule has 9 aromatic rings. The highest BCUT2D eigenvalue weighted by Gasteiger charge is 2.26. The zero-order chi connectivity index (χ0) is 35.9. The molecule has 0 spiro atoms. The number of furan rings is 1. The van der Waals surface area contributed by atoms with Crippen molar-refractivity contribution in [1.29, 1.82) is 0 Å². The number of pyridine rings is 1. The summed E-state index contributed by atoms with van der Waals surface area (Å²) in [7, 11) is 0. The van der Waals surface area contributed by atoms with Gasteiger partial charge in [-0.3, -0.25) is 4.57 Å². The molecule has 9 rings (SSSR count). The minimum atomic E-state index is -2.50. The highest BCUT2D eigenvalue weighted by atomic mass is 16.3. The van der Waals surface area contributed by atoms with Crippen molar-refractivity contribution < 1.29 is 8.53 Å². The second-order valence-electron chi connectivity index (χ2n) is 13.6. The predicted molar refractivity (Wildman–Crippen MR) is 205 cm³/mol. The fraction of sp³-hybridized carbons (Fsp3) is 0.156. The summed E-state index contributed by atoms with van der Waals surface area (Å²) in [5, 5.41) is 4.33. The Morgan fingerprint density at radius 2 is 1.35 bits per heavy atom. The van der Waals surface area contributed by atoms with E-state index in [2.05, 4.69) is 92.9 Å². The minimum absolute atomic E-state index is 0.0392. The zero-order valence-corrected chi connectivity index (χ0v) is 28.0. The molecule has 0 fully saturated rings. The van der Waals surface area contributed by atoms with Crippen LogP contribution in [0.25, 0.3) is 82.8 Å². The molecule has 0 saturated heterocycles. The fourth-order valence-electron chi connectivity index (χ4n) is 7.52. The van der Waals surface area contributed by atoms with E-state index in [-0.39, 0.29) is 23.1 Å². The van der Waals surface area contributed by atoms with Crippen molar-refractivity contribution in [2.75, 3.05) is 0 Å². The first-order chi connectivity index (χ1) is 25.1. The average Bonchev–Trinajstić information content (AvgIpc) is 3.73. The van der Waals surface area contributed by atoms with Crippen molar-refractivity contribution in [3.8, 4) is 28.2 Å². The summed E-state index contributed by atoms with van der Waals surface area (Å²) in [5.41, 5.74) is 10.0. The molecule has 0 saturated carbocycles. The Labute approximate surface area is 289 Å². The number of nitrogens with zero attached hydrogens (tertiary/aromatic N) is 3. The molecule has 0 radical (unpaired) electrons. The van der Waals surface area contributed by atoms with Gasteiger partial charge in [0.2, 0.25) is 0 Å². The molecule has 0 aliphatic rings. The van der Waals surface area contributed by atoms with E-state index in [0.29, 0.717) is 11.1 Å². The van der Waals surface area contributed by atoms with Crippen molar-refractivity contribution in [3.05, 3.63) is 138 Å². The zero-order valence-electron chi connectivity index (χ0n) is 31.0. The first-order valence-corrected chi connectivity index (χ1v) is 17.0. The van der Waals surface area contributed by atoms with Crippen molar-refractivity contribution in [2.45, 2.75) is 46.4 Å². The lowest BCUT2D eigenvalue weighted by molar-refractivity contribution is 0.664. The number of aryl methyl sites for hydroxylation is 1. The van der Waals surface area contributed by atoms with E-state index in [0.717, 1.165) is 55.0 Å². The van der Waals surface area contributed by atoms with Crippen molar-refractivity contribution in [3.63, 3.8) is 0 Å². The molecule has 0 bridgehead atoms. The van der Waals surface area contributed by atoms with Gasteiger partial charge in [-0.1, -0.05) is 119 Å². The average molecular weight is 639 g/mol. The molecular weight excluding hydrogens is 599 g/mol. The third-order valence-corrected chi connectivity index (χ3v) is 9.87. The molecule has 3 heterocycles. The molecular formula is C45H37N3O. The maximum Gasteiger partial charge on any atom is 0.157 e. The van der Waals surface area contributed by atoms with Crippen LogP contribution in [0.4, 0.5) is 0 Å². The lowest BCUT2D eigenvalue weighted by Crippen LogP contribution is -2.09. The third kappa shape index (κ3) is 4.51. The maximum atomic E-state index is 8.55. The van der Waals surface area contributed by atoms with E-state index >= 15 is 0 Å². The van der Waals surface area contributed by atoms with Crippen LogP contribution in [0.15, 0.2) is 126 Å². The van der Waals surface area contributed by atoms with Crippen LogP contribution in [-0.4, -0.2) is 14.5 Å². The van der Waals surface area contributed by atoms with Gasteiger partial charge in [0, 0.05) is 25.7 Å². The number of benzene rings is 6. The van der Waals surface area contributed by atoms with Crippen LogP contribution >= 0.6 is 0 Å². The lowest BCUT2D eigenvalue weighted by atomic mass is 9.88. The molecule has 0 N–H and O–H groups in total. The Morgan fingerprint density at radius 3 is 2.12 bits per heavy atom. The van der Waals surface area contributed by atoms with Gasteiger partial charge in [0.15, 0.2) is 5.58 Å². The highest BCUT2D eigenvalue weighted by Crippen LogP contribution is 2.44. The molecule has 3 aromatic heterocycles. The van der Waals surface area contributed by atoms with Crippen LogP contribution in [0.1, 0.15) is 60.5 Å². The normalized spacial score (nSPS) is 13.3. The van der Waals surface area contributed by atoms with Crippen LogP contribution in [0.5, 0.6) is 0 Å². The number of hydrogen-bond acceptors (Lipinski definition) is 3. The smallest absolute Gasteiger partial charge is 0.157 e. The van der Waals surface area contributed by atoms with Gasteiger partial charge < -0.3 is 4.42 Å². The summed E-state index contributed by atoms with van der Waals surface area (Å²) < 4.78 is 34.7. The first kappa shape index (κ1) is 26.2. The van der Waals surface area contributed by atoms with Crippen molar-refractivity contribution in [2.24, 2.45) is 0 Å². The summed E-state index contributed by atoms with van der Waals surface area (Å²) in [6, 6.07) is 41.6. The second-order valence-corrected chi connectivity index (χ2v) is 13.6. The van der Waals surface area contributed by atoms with Crippen LogP contribution in [-0.2, 0) is 0 Å². The van der Waals surface area contributed by atoms with E-state index in [1.807, 2.05) is 60.7 Å². The Morgan fingerprint density at radius 1 is 0.633 bits per heavy atom. The van der Waals surface area contributed by atoms with E-state index < -0.39 is 6.85 Å². The van der Waals surface area contributed by atoms with Crippen LogP contribution in [0.3, 0.4) is 0 Å². The maximum absolute atomic E-state index is 8.55. The van der Waals surface area contributed by atoms with E-state index in [1.54, 1.807) is 0 Å². The number of aromatic nitrogens is 3. The molecule has 0 aliphatic heterocycles. The van der Waals surface area contributed by atoms with E-state index in [1.165, 1.54) is 22.3 Å². The summed E-state index contributed by atoms with van der Waals surface area (Å²) in [6.07, 6.45) is 0. The molecule has 238 valence electrons. The van der Waals surface area contributed by atoms with Gasteiger partial charge in [-0.25, -0.2) is 9.97 Å². The van der Waals surface area contributed by atoms with Crippen molar-refractivity contribution in [1.82, 2.24) is 14.5 Å². The monoisotopic (exact) mass is 638 g/mol. The molecule has 4 nitrogen and oxygen atoms in total. The molecule has 4 heteroatoms. The molecule has 0 aliphatic carbocycles. The summed E-state index contributed by atoms with van der Waals surface area (Å²) >= 11 is 0. The third-order valence-electron chi connectivity index (χ3n) is 9.87. The van der Waals surface area contributed by atoms with Gasteiger partial charge >= 0.3 is 0 Å². The number of para-hydroxylation sites is 3. The molecule has 6 aromatic carbocycles. The quantitative estimate of drug-likeness (QED) is 0.176. The van der Waals surface area contributed by atoms with Gasteiger partial charge in [-0.2, -0.15) is 0 Å². The summed E-state index contributed by atoms with van der Waals surface area (Å²) in [5.74, 6) is 1.16. The molecule has 0 unspecified atom stereocenters. The standard InChI is InChI=1S/C45H37N3O/c1-26(2)36-24-31(29-14-7-6-8-15-29)25-37(27(3)4)42(36)48-39-21-12-11-20-38(39)47-45(48)35-19-13-18-34-40-33-23-22-30-16-9-10-17-32(30)41(33)46-28(5)43(40)49-44(34)35/h6-27H,1-5H3/i5D3. The Balaban J connectivity index is 1.40. The van der Waals surface area contributed by atoms with Gasteiger partial charge in [0.25, 0.3) is 0 Å². The van der Waals surface area contributed by atoms with Crippen LogP contribution in [0, 0.1) is 6.85 Å². The number of fused-ring (bicyclic) bond motifs is 8. The Hall–Kier alpha value is -5.74. The topological polar surface area (TPSA) is 43.9 Å². The molecule has 49 heavy (non-hydrogen) atoms. The Bertz CT molecular complexity index is 2820. The van der Waals surface area contributed by atoms with E-state index in [9.17, 15) is 0 Å². The van der Waals surface area contributed by atoms with Gasteiger partial charge in [0.05, 0.1) is 33.5 Å². The fourth-order valence-corrected chi connectivity index (χ4v) is 7.52. The Kier molecular flexibility index (Phi) is 5.98.